The van der Waals surface area contributed by atoms with Crippen LogP contribution in [0, 0.1) is 0 Å². The van der Waals surface area contributed by atoms with Gasteiger partial charge in [-0.2, -0.15) is 0 Å². The van der Waals surface area contributed by atoms with Crippen molar-refractivity contribution < 1.29 is 19.5 Å². The van der Waals surface area contributed by atoms with E-state index in [1.54, 1.807) is 0 Å². The van der Waals surface area contributed by atoms with Gasteiger partial charge in [-0.3, -0.25) is 14.5 Å². The lowest BCUT2D eigenvalue weighted by atomic mass is 10.3. The lowest BCUT2D eigenvalue weighted by molar-refractivity contribution is -0.152. The monoisotopic (exact) mass is 169 g/mol. The highest BCUT2D eigenvalue weighted by atomic mass is 16.4. The predicted octanol–water partition coefficient (Wildman–Crippen LogP) is -0.615. The standard InChI is InChI=1S/C7H7NO4/c1-4(7(11)12)8-5(9)2-3-6(8)10/h2-4H,1H3,(H,11,12). The quantitative estimate of drug-likeness (QED) is 0.559. The summed E-state index contributed by atoms with van der Waals surface area (Å²) in [5.74, 6) is -2.34. The number of aliphatic carboxylic acids is 1. The SMILES string of the molecule is CC(C(=O)O)N1C(=O)C=CC1=O. The Hall–Kier alpha value is -1.65. The van der Waals surface area contributed by atoms with Crippen molar-refractivity contribution in [1.82, 2.24) is 4.90 Å². The molecule has 0 fully saturated rings. The molecule has 0 aliphatic carbocycles. The number of imide groups is 1. The Balaban J connectivity index is 2.83. The number of hydrogen-bond acceptors (Lipinski definition) is 3. The van der Waals surface area contributed by atoms with Gasteiger partial charge in [-0.05, 0) is 6.92 Å². The van der Waals surface area contributed by atoms with Crippen molar-refractivity contribution in [3.63, 3.8) is 0 Å². The lowest BCUT2D eigenvalue weighted by Gasteiger charge is -2.17. The van der Waals surface area contributed by atoms with E-state index in [0.29, 0.717) is 4.90 Å². The van der Waals surface area contributed by atoms with E-state index >= 15 is 0 Å². The summed E-state index contributed by atoms with van der Waals surface area (Å²) >= 11 is 0. The summed E-state index contributed by atoms with van der Waals surface area (Å²) in [4.78, 5) is 32.9. The number of nitrogens with zero attached hydrogens (tertiary/aromatic N) is 1. The minimum absolute atomic E-state index is 0.574. The Labute approximate surface area is 68.3 Å². The third-order valence-electron chi connectivity index (χ3n) is 1.59. The average molecular weight is 169 g/mol. The molecule has 5 nitrogen and oxygen atoms in total. The molecule has 0 aromatic heterocycles. The molecule has 0 aromatic rings. The molecule has 1 aliphatic rings. The summed E-state index contributed by atoms with van der Waals surface area (Å²) in [5, 5.41) is 8.50. The van der Waals surface area contributed by atoms with Crippen molar-refractivity contribution in [2.45, 2.75) is 13.0 Å². The first-order valence-electron chi connectivity index (χ1n) is 3.32. The van der Waals surface area contributed by atoms with Crippen LogP contribution >= 0.6 is 0 Å². The number of carbonyl (C=O) groups excluding carboxylic acids is 2. The minimum Gasteiger partial charge on any atom is -0.480 e. The zero-order valence-corrected chi connectivity index (χ0v) is 6.35. The van der Waals surface area contributed by atoms with Gasteiger partial charge in [-0.15, -0.1) is 0 Å². The van der Waals surface area contributed by atoms with E-state index in [9.17, 15) is 14.4 Å². The maximum atomic E-state index is 10.9. The van der Waals surface area contributed by atoms with Gasteiger partial charge in [0.05, 0.1) is 0 Å². The molecule has 12 heavy (non-hydrogen) atoms. The first-order chi connectivity index (χ1) is 5.54. The molecule has 2 amide bonds. The van der Waals surface area contributed by atoms with E-state index < -0.39 is 23.8 Å². The second-order valence-electron chi connectivity index (χ2n) is 2.39. The minimum atomic E-state index is -1.19. The molecule has 0 radical (unpaired) electrons. The summed E-state index contributed by atoms with van der Waals surface area (Å²) in [6.07, 6.45) is 2.11. The lowest BCUT2D eigenvalue weighted by Crippen LogP contribution is -2.42. The maximum absolute atomic E-state index is 10.9. The Bertz CT molecular complexity index is 263. The fraction of sp³-hybridized carbons (Fsp3) is 0.286. The molecular weight excluding hydrogens is 162 g/mol. The second-order valence-corrected chi connectivity index (χ2v) is 2.39. The largest absolute Gasteiger partial charge is 0.480 e. The molecular formula is C7H7NO4. The molecule has 64 valence electrons. The van der Waals surface area contributed by atoms with Gasteiger partial charge in [0.15, 0.2) is 0 Å². The molecule has 0 saturated heterocycles. The summed E-state index contributed by atoms with van der Waals surface area (Å²) in [5.41, 5.74) is 0. The molecule has 1 atom stereocenters. The third kappa shape index (κ3) is 1.20. The van der Waals surface area contributed by atoms with Crippen molar-refractivity contribution in [1.29, 1.82) is 0 Å². The predicted molar refractivity (Wildman–Crippen MR) is 38.1 cm³/mol. The van der Waals surface area contributed by atoms with Gasteiger partial charge >= 0.3 is 5.97 Å². The van der Waals surface area contributed by atoms with Crippen LogP contribution in [-0.4, -0.2) is 33.8 Å². The van der Waals surface area contributed by atoms with Crippen molar-refractivity contribution >= 4 is 17.8 Å². The Morgan fingerprint density at radius 3 is 2.17 bits per heavy atom. The van der Waals surface area contributed by atoms with E-state index in [1.807, 2.05) is 0 Å². The molecule has 1 aliphatic heterocycles. The van der Waals surface area contributed by atoms with E-state index in [-0.39, 0.29) is 0 Å². The van der Waals surface area contributed by atoms with E-state index in [1.165, 1.54) is 6.92 Å². The van der Waals surface area contributed by atoms with Crippen LogP contribution in [0.4, 0.5) is 0 Å². The fourth-order valence-corrected chi connectivity index (χ4v) is 0.904. The third-order valence-corrected chi connectivity index (χ3v) is 1.59. The van der Waals surface area contributed by atoms with Crippen molar-refractivity contribution in [2.24, 2.45) is 0 Å². The van der Waals surface area contributed by atoms with E-state index in [4.69, 9.17) is 5.11 Å². The average Bonchev–Trinajstić information content (AvgIpc) is 2.30. The van der Waals surface area contributed by atoms with Crippen molar-refractivity contribution in [3.8, 4) is 0 Å². The molecule has 1 unspecified atom stereocenters. The Morgan fingerprint density at radius 2 is 1.83 bits per heavy atom. The highest BCUT2D eigenvalue weighted by Gasteiger charge is 2.32. The molecule has 5 heteroatoms. The summed E-state index contributed by atoms with van der Waals surface area (Å²) in [6, 6.07) is -1.10. The molecule has 0 spiro atoms. The fourth-order valence-electron chi connectivity index (χ4n) is 0.904. The number of carboxylic acid groups (broad SMARTS) is 1. The van der Waals surface area contributed by atoms with Crippen LogP contribution < -0.4 is 0 Å². The second kappa shape index (κ2) is 2.77. The van der Waals surface area contributed by atoms with Gasteiger partial charge in [0.2, 0.25) is 0 Å². The van der Waals surface area contributed by atoms with Crippen LogP contribution in [0.1, 0.15) is 6.92 Å². The highest BCUT2D eigenvalue weighted by molar-refractivity contribution is 6.14. The van der Waals surface area contributed by atoms with Crippen LogP contribution in [-0.2, 0) is 14.4 Å². The first kappa shape index (κ1) is 8.45. The zero-order valence-electron chi connectivity index (χ0n) is 6.35. The van der Waals surface area contributed by atoms with Crippen LogP contribution in [0.15, 0.2) is 12.2 Å². The molecule has 0 saturated carbocycles. The van der Waals surface area contributed by atoms with Gasteiger partial charge in [-0.1, -0.05) is 0 Å². The summed E-state index contributed by atoms with van der Waals surface area (Å²) in [6.45, 7) is 1.28. The zero-order chi connectivity index (χ0) is 9.30. The molecule has 1 rings (SSSR count). The van der Waals surface area contributed by atoms with Gasteiger partial charge in [-0.25, -0.2) is 4.79 Å². The smallest absolute Gasteiger partial charge is 0.326 e. The molecule has 0 bridgehead atoms. The Kier molecular flexibility index (Phi) is 1.95. The molecule has 1 N–H and O–H groups in total. The maximum Gasteiger partial charge on any atom is 0.326 e. The van der Waals surface area contributed by atoms with Gasteiger partial charge in [0.1, 0.15) is 6.04 Å². The van der Waals surface area contributed by atoms with Crippen molar-refractivity contribution in [2.75, 3.05) is 0 Å². The number of rotatable bonds is 2. The van der Waals surface area contributed by atoms with Crippen LogP contribution in [0.25, 0.3) is 0 Å². The normalized spacial score (nSPS) is 18.6. The summed E-state index contributed by atoms with van der Waals surface area (Å²) in [7, 11) is 0. The Morgan fingerprint density at radius 1 is 1.42 bits per heavy atom. The summed E-state index contributed by atoms with van der Waals surface area (Å²) < 4.78 is 0. The first-order valence-corrected chi connectivity index (χ1v) is 3.32. The molecule has 1 heterocycles. The van der Waals surface area contributed by atoms with Gasteiger partial charge in [0, 0.05) is 12.2 Å². The van der Waals surface area contributed by atoms with Crippen LogP contribution in [0.5, 0.6) is 0 Å². The number of carbonyl (C=O) groups is 3. The van der Waals surface area contributed by atoms with Crippen LogP contribution in [0.2, 0.25) is 0 Å². The number of hydrogen-bond donors (Lipinski definition) is 1. The van der Waals surface area contributed by atoms with Gasteiger partial charge in [0.25, 0.3) is 11.8 Å². The molecule has 0 aromatic carbocycles. The number of carboxylic acids is 1. The van der Waals surface area contributed by atoms with E-state index in [0.717, 1.165) is 12.2 Å². The van der Waals surface area contributed by atoms with E-state index in [2.05, 4.69) is 0 Å². The topological polar surface area (TPSA) is 74.7 Å². The van der Waals surface area contributed by atoms with Crippen LogP contribution in [0.3, 0.4) is 0 Å². The highest BCUT2D eigenvalue weighted by Crippen LogP contribution is 2.08. The van der Waals surface area contributed by atoms with Gasteiger partial charge < -0.3 is 5.11 Å². The number of amides is 2. The van der Waals surface area contributed by atoms with Crippen molar-refractivity contribution in [3.05, 3.63) is 12.2 Å².